The summed E-state index contributed by atoms with van der Waals surface area (Å²) in [5.41, 5.74) is 2.64. The lowest BCUT2D eigenvalue weighted by Gasteiger charge is -2.08. The van der Waals surface area contributed by atoms with E-state index < -0.39 is 0 Å². The van der Waals surface area contributed by atoms with Gasteiger partial charge in [0.1, 0.15) is 11.6 Å². The van der Waals surface area contributed by atoms with Crippen molar-refractivity contribution in [1.82, 2.24) is 10.1 Å². The predicted octanol–water partition coefficient (Wildman–Crippen LogP) is 4.87. The minimum Gasteiger partial charge on any atom is -0.503 e. The fourth-order valence-corrected chi connectivity index (χ4v) is 2.62. The lowest BCUT2D eigenvalue weighted by Crippen LogP contribution is -1.93. The summed E-state index contributed by atoms with van der Waals surface area (Å²) in [5.74, 6) is 0.577. The summed E-state index contributed by atoms with van der Waals surface area (Å²) in [5, 5.41) is 23.5. The zero-order valence-electron chi connectivity index (χ0n) is 14.7. The van der Waals surface area contributed by atoms with Gasteiger partial charge in [0.25, 0.3) is 5.89 Å². The number of aryl methyl sites for hydroxylation is 1. The topological polar surface area (TPSA) is 92.2 Å². The van der Waals surface area contributed by atoms with Crippen LogP contribution in [0.2, 0.25) is 5.02 Å². The second-order valence-corrected chi connectivity index (χ2v) is 6.15. The maximum Gasteiger partial charge on any atom is 0.268 e. The molecule has 136 valence electrons. The van der Waals surface area contributed by atoms with E-state index in [2.05, 4.69) is 10.1 Å². The normalized spacial score (nSPS) is 11.3. The molecule has 7 heteroatoms. The van der Waals surface area contributed by atoms with E-state index in [0.29, 0.717) is 18.0 Å². The van der Waals surface area contributed by atoms with E-state index in [1.807, 2.05) is 37.3 Å². The molecule has 0 saturated heterocycles. The quantitative estimate of drug-likeness (QED) is 0.634. The number of nitriles is 1. The van der Waals surface area contributed by atoms with Crippen LogP contribution in [0.3, 0.4) is 0 Å². The Bertz CT molecular complexity index is 1030. The molecule has 0 fully saturated rings. The molecular weight excluding hydrogens is 366 g/mol. The van der Waals surface area contributed by atoms with Crippen molar-refractivity contribution in [2.24, 2.45) is 0 Å². The van der Waals surface area contributed by atoms with Gasteiger partial charge in [-0.15, -0.1) is 0 Å². The van der Waals surface area contributed by atoms with Gasteiger partial charge in [-0.3, -0.25) is 0 Å². The highest BCUT2D eigenvalue weighted by Gasteiger charge is 2.14. The van der Waals surface area contributed by atoms with Gasteiger partial charge in [0, 0.05) is 5.56 Å². The van der Waals surface area contributed by atoms with Gasteiger partial charge in [0.15, 0.2) is 11.5 Å². The van der Waals surface area contributed by atoms with E-state index in [0.717, 1.165) is 11.1 Å². The van der Waals surface area contributed by atoms with E-state index in [9.17, 15) is 10.4 Å². The zero-order valence-corrected chi connectivity index (χ0v) is 15.5. The number of phenolic OH excluding ortho intramolecular Hbond substituents is 1. The van der Waals surface area contributed by atoms with Crippen LogP contribution in [0.4, 0.5) is 0 Å². The Hall–Kier alpha value is -3.30. The van der Waals surface area contributed by atoms with Crippen molar-refractivity contribution in [1.29, 1.82) is 5.26 Å². The van der Waals surface area contributed by atoms with Crippen LogP contribution in [0, 0.1) is 18.3 Å². The highest BCUT2D eigenvalue weighted by atomic mass is 35.5. The molecule has 2 aromatic carbocycles. The fourth-order valence-electron chi connectivity index (χ4n) is 2.40. The lowest BCUT2D eigenvalue weighted by atomic mass is 10.1. The third-order valence-electron chi connectivity index (χ3n) is 3.75. The molecule has 0 unspecified atom stereocenters. The fraction of sp³-hybridized carbons (Fsp3) is 0.150. The molecule has 0 amide bonds. The van der Waals surface area contributed by atoms with Gasteiger partial charge in [0.05, 0.1) is 11.6 Å². The van der Waals surface area contributed by atoms with Gasteiger partial charge in [0.2, 0.25) is 5.82 Å². The molecule has 1 aromatic heterocycles. The summed E-state index contributed by atoms with van der Waals surface area (Å²) < 4.78 is 10.6. The number of allylic oxidation sites excluding steroid dienone is 1. The van der Waals surface area contributed by atoms with Crippen LogP contribution in [0.15, 0.2) is 40.9 Å². The van der Waals surface area contributed by atoms with Gasteiger partial charge in [-0.1, -0.05) is 46.6 Å². The minimum atomic E-state index is -0.145. The molecular formula is C20H16ClN3O3. The zero-order chi connectivity index (χ0) is 19.4. The van der Waals surface area contributed by atoms with Crippen LogP contribution in [-0.4, -0.2) is 21.9 Å². The van der Waals surface area contributed by atoms with E-state index in [1.165, 1.54) is 6.07 Å². The van der Waals surface area contributed by atoms with Gasteiger partial charge >= 0.3 is 0 Å². The number of aromatic nitrogens is 2. The smallest absolute Gasteiger partial charge is 0.268 e. The van der Waals surface area contributed by atoms with Crippen molar-refractivity contribution in [2.75, 3.05) is 6.61 Å². The largest absolute Gasteiger partial charge is 0.503 e. The number of ether oxygens (including phenoxy) is 1. The minimum absolute atomic E-state index is 0.0928. The molecule has 1 heterocycles. The molecule has 0 aliphatic rings. The van der Waals surface area contributed by atoms with Gasteiger partial charge in [-0.2, -0.15) is 10.2 Å². The summed E-state index contributed by atoms with van der Waals surface area (Å²) in [6.07, 6.45) is 1.54. The SMILES string of the molecule is CCOc1cc(/C=C(\C#N)c2nc(-c3ccc(C)cc3)no2)cc(Cl)c1O. The third-order valence-corrected chi connectivity index (χ3v) is 4.04. The summed E-state index contributed by atoms with van der Waals surface area (Å²) >= 11 is 6.03. The molecule has 3 rings (SSSR count). The first kappa shape index (κ1) is 18.5. The van der Waals surface area contributed by atoms with Crippen molar-refractivity contribution < 1.29 is 14.4 Å². The molecule has 0 radical (unpaired) electrons. The Morgan fingerprint density at radius 3 is 2.74 bits per heavy atom. The summed E-state index contributed by atoms with van der Waals surface area (Å²) in [6, 6.07) is 12.8. The van der Waals surface area contributed by atoms with Crippen LogP contribution in [-0.2, 0) is 0 Å². The van der Waals surface area contributed by atoms with Crippen LogP contribution >= 0.6 is 11.6 Å². The summed E-state index contributed by atoms with van der Waals surface area (Å²) in [4.78, 5) is 4.29. The molecule has 0 spiro atoms. The highest BCUT2D eigenvalue weighted by Crippen LogP contribution is 2.36. The lowest BCUT2D eigenvalue weighted by molar-refractivity contribution is 0.318. The highest BCUT2D eigenvalue weighted by molar-refractivity contribution is 6.32. The number of aromatic hydroxyl groups is 1. The first-order valence-electron chi connectivity index (χ1n) is 8.20. The maximum atomic E-state index is 9.93. The molecule has 0 aliphatic carbocycles. The molecule has 6 nitrogen and oxygen atoms in total. The number of phenols is 1. The molecule has 0 aliphatic heterocycles. The van der Waals surface area contributed by atoms with Crippen LogP contribution < -0.4 is 4.74 Å². The van der Waals surface area contributed by atoms with Crippen LogP contribution in [0.1, 0.15) is 23.9 Å². The van der Waals surface area contributed by atoms with Crippen molar-refractivity contribution >= 4 is 23.3 Å². The Labute approximate surface area is 161 Å². The Morgan fingerprint density at radius 1 is 1.33 bits per heavy atom. The van der Waals surface area contributed by atoms with Gasteiger partial charge in [-0.05, 0) is 37.6 Å². The molecule has 27 heavy (non-hydrogen) atoms. The first-order valence-corrected chi connectivity index (χ1v) is 8.58. The number of hydrogen-bond acceptors (Lipinski definition) is 6. The number of rotatable bonds is 5. The third kappa shape index (κ3) is 4.10. The van der Waals surface area contributed by atoms with Gasteiger partial charge < -0.3 is 14.4 Å². The first-order chi connectivity index (χ1) is 13.0. The standard InChI is InChI=1S/C20H16ClN3O3/c1-3-26-17-10-13(9-16(21)18(17)25)8-15(11-22)20-23-19(24-27-20)14-6-4-12(2)5-7-14/h4-10,25H,3H2,1-2H3/b15-8+. The average molecular weight is 382 g/mol. The van der Waals surface area contributed by atoms with E-state index in [1.54, 1.807) is 19.1 Å². The molecule has 0 atom stereocenters. The molecule has 3 aromatic rings. The number of nitrogens with zero attached hydrogens (tertiary/aromatic N) is 3. The Balaban J connectivity index is 1.96. The average Bonchev–Trinajstić information content (AvgIpc) is 3.14. The summed E-state index contributed by atoms with van der Waals surface area (Å²) in [6.45, 7) is 4.15. The Kier molecular flexibility index (Phi) is 5.43. The number of benzene rings is 2. The Morgan fingerprint density at radius 2 is 2.07 bits per heavy atom. The molecule has 0 saturated carbocycles. The van der Waals surface area contributed by atoms with Crippen molar-refractivity contribution in [3.8, 4) is 29.0 Å². The van der Waals surface area contributed by atoms with E-state index >= 15 is 0 Å². The van der Waals surface area contributed by atoms with Crippen molar-refractivity contribution in [2.45, 2.75) is 13.8 Å². The number of halogens is 1. The van der Waals surface area contributed by atoms with Crippen LogP contribution in [0.25, 0.3) is 23.0 Å². The molecule has 1 N–H and O–H groups in total. The van der Waals surface area contributed by atoms with E-state index in [-0.39, 0.29) is 28.0 Å². The second kappa shape index (κ2) is 7.94. The van der Waals surface area contributed by atoms with Crippen LogP contribution in [0.5, 0.6) is 11.5 Å². The predicted molar refractivity (Wildman–Crippen MR) is 102 cm³/mol. The second-order valence-electron chi connectivity index (χ2n) is 5.74. The van der Waals surface area contributed by atoms with Crippen molar-refractivity contribution in [3.05, 3.63) is 58.4 Å². The molecule has 0 bridgehead atoms. The van der Waals surface area contributed by atoms with Crippen molar-refractivity contribution in [3.63, 3.8) is 0 Å². The van der Waals surface area contributed by atoms with Gasteiger partial charge in [-0.25, -0.2) is 0 Å². The summed E-state index contributed by atoms with van der Waals surface area (Å²) in [7, 11) is 0. The number of hydrogen-bond donors (Lipinski definition) is 1. The maximum absolute atomic E-state index is 9.93. The van der Waals surface area contributed by atoms with E-state index in [4.69, 9.17) is 20.9 Å². The monoisotopic (exact) mass is 381 g/mol.